The number of aliphatic hydroxyl groups excluding tert-OH is 1. The van der Waals surface area contributed by atoms with Gasteiger partial charge in [-0.25, -0.2) is 13.8 Å². The SMILES string of the molecule is CC(C)Oc1ncnc(NCC(O)C(F)F)c1N. The Hall–Kier alpha value is -1.70. The third-order valence-corrected chi connectivity index (χ3v) is 1.96. The number of nitrogens with one attached hydrogen (secondary N) is 1. The lowest BCUT2D eigenvalue weighted by Crippen LogP contribution is -2.27. The molecule has 18 heavy (non-hydrogen) atoms. The normalized spacial score (nSPS) is 12.8. The van der Waals surface area contributed by atoms with Crippen LogP contribution in [0.15, 0.2) is 6.33 Å². The van der Waals surface area contributed by atoms with Crippen LogP contribution in [-0.2, 0) is 0 Å². The molecule has 102 valence electrons. The summed E-state index contributed by atoms with van der Waals surface area (Å²) < 4.78 is 29.5. The van der Waals surface area contributed by atoms with E-state index < -0.39 is 12.5 Å². The van der Waals surface area contributed by atoms with Crippen LogP contribution in [0.5, 0.6) is 5.88 Å². The summed E-state index contributed by atoms with van der Waals surface area (Å²) in [7, 11) is 0. The lowest BCUT2D eigenvalue weighted by atomic mass is 10.3. The summed E-state index contributed by atoms with van der Waals surface area (Å²) in [6.07, 6.45) is -3.53. The fourth-order valence-electron chi connectivity index (χ4n) is 1.13. The van der Waals surface area contributed by atoms with Gasteiger partial charge in [-0.05, 0) is 13.8 Å². The molecule has 0 aliphatic heterocycles. The van der Waals surface area contributed by atoms with Crippen molar-refractivity contribution in [2.45, 2.75) is 32.5 Å². The Bertz CT molecular complexity index is 390. The molecule has 1 aromatic rings. The smallest absolute Gasteiger partial charge is 0.265 e. The number of hydrogen-bond acceptors (Lipinski definition) is 6. The van der Waals surface area contributed by atoms with Gasteiger partial charge in [0.2, 0.25) is 5.88 Å². The third-order valence-electron chi connectivity index (χ3n) is 1.96. The zero-order valence-electron chi connectivity index (χ0n) is 10.1. The molecule has 0 saturated heterocycles. The number of alkyl halides is 2. The largest absolute Gasteiger partial charge is 0.473 e. The van der Waals surface area contributed by atoms with Crippen LogP contribution in [0, 0.1) is 0 Å². The van der Waals surface area contributed by atoms with Crippen LogP contribution in [0.4, 0.5) is 20.3 Å². The van der Waals surface area contributed by atoms with Crippen LogP contribution in [-0.4, -0.2) is 40.3 Å². The van der Waals surface area contributed by atoms with Crippen molar-refractivity contribution in [3.8, 4) is 5.88 Å². The minimum absolute atomic E-state index is 0.118. The van der Waals surface area contributed by atoms with E-state index in [9.17, 15) is 8.78 Å². The molecule has 0 radical (unpaired) electrons. The molecule has 1 heterocycles. The fraction of sp³-hybridized carbons (Fsp3) is 0.600. The molecule has 0 spiro atoms. The van der Waals surface area contributed by atoms with Gasteiger partial charge in [-0.1, -0.05) is 0 Å². The molecule has 6 nitrogen and oxygen atoms in total. The number of aliphatic hydroxyl groups is 1. The van der Waals surface area contributed by atoms with E-state index in [1.54, 1.807) is 13.8 Å². The molecular weight excluding hydrogens is 246 g/mol. The maximum atomic E-state index is 12.1. The molecule has 0 bridgehead atoms. The molecule has 0 aliphatic rings. The van der Waals surface area contributed by atoms with Crippen LogP contribution in [0.3, 0.4) is 0 Å². The fourth-order valence-corrected chi connectivity index (χ4v) is 1.13. The highest BCUT2D eigenvalue weighted by Gasteiger charge is 2.18. The van der Waals surface area contributed by atoms with Crippen molar-refractivity contribution in [2.75, 3.05) is 17.6 Å². The molecule has 0 amide bonds. The molecule has 1 atom stereocenters. The first-order valence-corrected chi connectivity index (χ1v) is 5.39. The maximum Gasteiger partial charge on any atom is 0.265 e. The molecule has 8 heteroatoms. The first-order valence-electron chi connectivity index (χ1n) is 5.39. The minimum Gasteiger partial charge on any atom is -0.473 e. The van der Waals surface area contributed by atoms with E-state index in [0.29, 0.717) is 0 Å². The van der Waals surface area contributed by atoms with Gasteiger partial charge in [0.15, 0.2) is 5.82 Å². The number of anilines is 2. The predicted octanol–water partition coefficient (Wildman–Crippen LogP) is 0.884. The summed E-state index contributed by atoms with van der Waals surface area (Å²) in [5.74, 6) is 0.328. The molecule has 0 saturated carbocycles. The van der Waals surface area contributed by atoms with E-state index >= 15 is 0 Å². The average Bonchev–Trinajstić information content (AvgIpc) is 2.29. The van der Waals surface area contributed by atoms with Crippen molar-refractivity contribution in [1.29, 1.82) is 0 Å². The number of aromatic nitrogens is 2. The molecule has 1 aromatic heterocycles. The van der Waals surface area contributed by atoms with Crippen LogP contribution in [0.1, 0.15) is 13.8 Å². The maximum absolute atomic E-state index is 12.1. The Labute approximate surface area is 103 Å². The van der Waals surface area contributed by atoms with E-state index in [4.69, 9.17) is 15.6 Å². The number of halogens is 2. The summed E-state index contributed by atoms with van der Waals surface area (Å²) >= 11 is 0. The quantitative estimate of drug-likeness (QED) is 0.704. The van der Waals surface area contributed by atoms with Crippen molar-refractivity contribution >= 4 is 11.5 Å². The van der Waals surface area contributed by atoms with Gasteiger partial charge in [-0.2, -0.15) is 4.98 Å². The van der Waals surface area contributed by atoms with E-state index in [0.717, 1.165) is 0 Å². The van der Waals surface area contributed by atoms with E-state index in [-0.39, 0.29) is 30.0 Å². The Morgan fingerprint density at radius 1 is 1.44 bits per heavy atom. The lowest BCUT2D eigenvalue weighted by molar-refractivity contribution is 0.00381. The third kappa shape index (κ3) is 3.95. The predicted molar refractivity (Wildman–Crippen MR) is 62.7 cm³/mol. The Kier molecular flexibility index (Phi) is 5.02. The van der Waals surface area contributed by atoms with Gasteiger partial charge in [0.25, 0.3) is 6.43 Å². The number of nitrogens with zero attached hydrogens (tertiary/aromatic N) is 2. The second kappa shape index (κ2) is 6.29. The van der Waals surface area contributed by atoms with Gasteiger partial charge in [0.1, 0.15) is 18.1 Å². The monoisotopic (exact) mass is 262 g/mol. The van der Waals surface area contributed by atoms with Crippen LogP contribution in [0.25, 0.3) is 0 Å². The van der Waals surface area contributed by atoms with E-state index in [1.165, 1.54) is 6.33 Å². The number of hydrogen-bond donors (Lipinski definition) is 3. The summed E-state index contributed by atoms with van der Waals surface area (Å²) in [5.41, 5.74) is 5.83. The molecule has 1 unspecified atom stereocenters. The summed E-state index contributed by atoms with van der Waals surface area (Å²) in [5, 5.41) is 11.5. The first kappa shape index (κ1) is 14.4. The van der Waals surface area contributed by atoms with E-state index in [2.05, 4.69) is 15.3 Å². The highest BCUT2D eigenvalue weighted by molar-refractivity contribution is 5.66. The highest BCUT2D eigenvalue weighted by Crippen LogP contribution is 2.25. The van der Waals surface area contributed by atoms with Crippen molar-refractivity contribution in [3.05, 3.63) is 6.33 Å². The van der Waals surface area contributed by atoms with Crippen LogP contribution >= 0.6 is 0 Å². The van der Waals surface area contributed by atoms with Gasteiger partial charge in [-0.15, -0.1) is 0 Å². The van der Waals surface area contributed by atoms with Crippen molar-refractivity contribution in [3.63, 3.8) is 0 Å². The zero-order valence-corrected chi connectivity index (χ0v) is 10.1. The van der Waals surface area contributed by atoms with Gasteiger partial charge < -0.3 is 20.9 Å². The van der Waals surface area contributed by atoms with Gasteiger partial charge in [0, 0.05) is 6.54 Å². The Morgan fingerprint density at radius 3 is 2.67 bits per heavy atom. The standard InChI is InChI=1S/C10H16F2N4O2/c1-5(2)18-10-7(13)9(15-4-16-10)14-3-6(17)8(11)12/h4-6,8,17H,3,13H2,1-2H3,(H,14,15,16). The number of nitrogens with two attached hydrogens (primary N) is 1. The van der Waals surface area contributed by atoms with Crippen LogP contribution in [0.2, 0.25) is 0 Å². The van der Waals surface area contributed by atoms with Gasteiger partial charge >= 0.3 is 0 Å². The second-order valence-electron chi connectivity index (χ2n) is 3.89. The molecule has 4 N–H and O–H groups in total. The van der Waals surface area contributed by atoms with Crippen molar-refractivity contribution in [1.82, 2.24) is 9.97 Å². The molecule has 0 fully saturated rings. The van der Waals surface area contributed by atoms with Crippen molar-refractivity contribution in [2.24, 2.45) is 0 Å². The summed E-state index contributed by atoms with van der Waals surface area (Å²) in [6.45, 7) is 3.24. The molecule has 0 aliphatic carbocycles. The number of nitrogen functional groups attached to an aromatic ring is 1. The average molecular weight is 262 g/mol. The number of rotatable bonds is 6. The van der Waals surface area contributed by atoms with Gasteiger partial charge in [0.05, 0.1) is 6.10 Å². The topological polar surface area (TPSA) is 93.3 Å². The second-order valence-corrected chi connectivity index (χ2v) is 3.89. The summed E-state index contributed by atoms with van der Waals surface area (Å²) in [4.78, 5) is 7.63. The van der Waals surface area contributed by atoms with E-state index in [1.807, 2.05) is 0 Å². The molecular formula is C10H16F2N4O2. The molecule has 0 aromatic carbocycles. The lowest BCUT2D eigenvalue weighted by Gasteiger charge is -2.15. The Morgan fingerprint density at radius 2 is 2.11 bits per heavy atom. The van der Waals surface area contributed by atoms with Gasteiger partial charge in [-0.3, -0.25) is 0 Å². The zero-order chi connectivity index (χ0) is 13.7. The molecule has 1 rings (SSSR count). The Balaban J connectivity index is 2.72. The highest BCUT2D eigenvalue weighted by atomic mass is 19.3. The summed E-state index contributed by atoms with van der Waals surface area (Å²) in [6, 6.07) is 0. The van der Waals surface area contributed by atoms with Crippen LogP contribution < -0.4 is 15.8 Å². The minimum atomic E-state index is -2.83. The first-order chi connectivity index (χ1) is 8.41. The number of ether oxygens (including phenoxy) is 1. The van der Waals surface area contributed by atoms with Crippen molar-refractivity contribution < 1.29 is 18.6 Å².